The largest absolute Gasteiger partial charge is 0.508 e. The lowest BCUT2D eigenvalue weighted by atomic mass is 10.3. The van der Waals surface area contributed by atoms with E-state index in [-0.39, 0.29) is 23.9 Å². The summed E-state index contributed by atoms with van der Waals surface area (Å²) in [6, 6.07) is 6.75. The van der Waals surface area contributed by atoms with Gasteiger partial charge in [-0.25, -0.2) is 4.39 Å². The molecule has 0 aliphatic carbocycles. The molecule has 1 aromatic heterocycles. The van der Waals surface area contributed by atoms with E-state index in [9.17, 15) is 14.0 Å². The first-order valence-electron chi connectivity index (χ1n) is 5.66. The third-order valence-corrected chi connectivity index (χ3v) is 3.25. The molecular weight excluding hydrogens is 283 g/mol. The van der Waals surface area contributed by atoms with Crippen molar-refractivity contribution in [3.8, 4) is 5.75 Å². The maximum atomic E-state index is 13.4. The number of hydrogen-bond donors (Lipinski definition) is 3. The smallest absolute Gasteiger partial charge is 0.261 e. The molecule has 7 heteroatoms. The second-order valence-electron chi connectivity index (χ2n) is 3.87. The van der Waals surface area contributed by atoms with Crippen molar-refractivity contribution in [2.75, 3.05) is 11.9 Å². The summed E-state index contributed by atoms with van der Waals surface area (Å²) in [5.74, 6) is -1.89. The Hall–Kier alpha value is -2.41. The monoisotopic (exact) mass is 294 g/mol. The highest BCUT2D eigenvalue weighted by Crippen LogP contribution is 2.19. The van der Waals surface area contributed by atoms with Gasteiger partial charge in [0.05, 0.1) is 17.1 Å². The van der Waals surface area contributed by atoms with Gasteiger partial charge in [-0.15, -0.1) is 11.3 Å². The van der Waals surface area contributed by atoms with Crippen LogP contribution in [0.25, 0.3) is 0 Å². The molecule has 2 aromatic rings. The first-order valence-corrected chi connectivity index (χ1v) is 6.54. The van der Waals surface area contributed by atoms with Crippen molar-refractivity contribution in [3.05, 3.63) is 46.4 Å². The van der Waals surface area contributed by atoms with Gasteiger partial charge in [-0.1, -0.05) is 6.07 Å². The Morgan fingerprint density at radius 2 is 2.10 bits per heavy atom. The lowest BCUT2D eigenvalue weighted by molar-refractivity contribution is -0.115. The number of hydrogen-bond acceptors (Lipinski definition) is 4. The van der Waals surface area contributed by atoms with Crippen molar-refractivity contribution < 1.29 is 19.1 Å². The molecule has 0 saturated heterocycles. The molecule has 104 valence electrons. The van der Waals surface area contributed by atoms with Crippen LogP contribution < -0.4 is 10.6 Å². The van der Waals surface area contributed by atoms with Crippen molar-refractivity contribution in [1.29, 1.82) is 0 Å². The molecule has 1 heterocycles. The zero-order valence-corrected chi connectivity index (χ0v) is 11.0. The standard InChI is InChI=1S/C13H11FN2O3S/c14-9-6-8(17)3-4-10(9)16-12(18)7-15-13(19)11-2-1-5-20-11/h1-6,17H,7H2,(H,15,19)(H,16,18). The molecule has 0 saturated carbocycles. The lowest BCUT2D eigenvalue weighted by Gasteiger charge is -2.07. The van der Waals surface area contributed by atoms with Crippen molar-refractivity contribution in [1.82, 2.24) is 5.32 Å². The number of aromatic hydroxyl groups is 1. The topological polar surface area (TPSA) is 78.4 Å². The van der Waals surface area contributed by atoms with E-state index in [4.69, 9.17) is 5.11 Å². The van der Waals surface area contributed by atoms with Gasteiger partial charge in [-0.05, 0) is 23.6 Å². The second kappa shape index (κ2) is 6.16. The highest BCUT2D eigenvalue weighted by molar-refractivity contribution is 7.12. The number of anilines is 1. The van der Waals surface area contributed by atoms with Gasteiger partial charge in [0.2, 0.25) is 5.91 Å². The first kappa shape index (κ1) is 14.0. The van der Waals surface area contributed by atoms with E-state index < -0.39 is 11.7 Å². The van der Waals surface area contributed by atoms with E-state index in [1.807, 2.05) is 0 Å². The Bertz CT molecular complexity index is 629. The highest BCUT2D eigenvalue weighted by atomic mass is 32.1. The van der Waals surface area contributed by atoms with Gasteiger partial charge in [0.25, 0.3) is 5.91 Å². The third kappa shape index (κ3) is 3.55. The van der Waals surface area contributed by atoms with Gasteiger partial charge in [-0.3, -0.25) is 9.59 Å². The number of rotatable bonds is 4. The van der Waals surface area contributed by atoms with Crippen LogP contribution >= 0.6 is 11.3 Å². The number of carbonyl (C=O) groups is 2. The minimum Gasteiger partial charge on any atom is -0.508 e. The number of benzene rings is 1. The number of carbonyl (C=O) groups excluding carboxylic acids is 2. The minimum absolute atomic E-state index is 0.0572. The zero-order valence-electron chi connectivity index (χ0n) is 10.2. The molecule has 0 spiro atoms. The van der Waals surface area contributed by atoms with Crippen molar-refractivity contribution in [2.24, 2.45) is 0 Å². The average Bonchev–Trinajstić information content (AvgIpc) is 2.93. The molecule has 2 amide bonds. The normalized spacial score (nSPS) is 10.1. The van der Waals surface area contributed by atoms with Crippen LogP contribution in [0.5, 0.6) is 5.75 Å². The fraction of sp³-hybridized carbons (Fsp3) is 0.0769. The van der Waals surface area contributed by atoms with Crippen LogP contribution in [0.15, 0.2) is 35.7 Å². The fourth-order valence-corrected chi connectivity index (χ4v) is 2.10. The van der Waals surface area contributed by atoms with Gasteiger partial charge in [0, 0.05) is 6.07 Å². The van der Waals surface area contributed by atoms with Crippen LogP contribution in [0.3, 0.4) is 0 Å². The van der Waals surface area contributed by atoms with Gasteiger partial charge < -0.3 is 15.7 Å². The number of halogens is 1. The van der Waals surface area contributed by atoms with Crippen LogP contribution in [0, 0.1) is 5.82 Å². The van der Waals surface area contributed by atoms with Crippen LogP contribution in [-0.2, 0) is 4.79 Å². The summed E-state index contributed by atoms with van der Waals surface area (Å²) in [4.78, 5) is 23.7. The van der Waals surface area contributed by atoms with Crippen molar-refractivity contribution in [3.63, 3.8) is 0 Å². The molecule has 2 rings (SSSR count). The molecule has 0 unspecified atom stereocenters. The maximum Gasteiger partial charge on any atom is 0.261 e. The molecule has 0 aliphatic rings. The molecule has 0 bridgehead atoms. The van der Waals surface area contributed by atoms with E-state index in [0.29, 0.717) is 4.88 Å². The molecule has 0 radical (unpaired) electrons. The Kier molecular flexibility index (Phi) is 4.31. The van der Waals surface area contributed by atoms with E-state index in [1.165, 1.54) is 23.5 Å². The predicted molar refractivity (Wildman–Crippen MR) is 73.3 cm³/mol. The molecule has 20 heavy (non-hydrogen) atoms. The number of amides is 2. The summed E-state index contributed by atoms with van der Waals surface area (Å²) in [5.41, 5.74) is -0.0572. The summed E-state index contributed by atoms with van der Waals surface area (Å²) >= 11 is 1.26. The Morgan fingerprint density at radius 3 is 2.75 bits per heavy atom. The Balaban J connectivity index is 1.88. The zero-order chi connectivity index (χ0) is 14.5. The Morgan fingerprint density at radius 1 is 1.30 bits per heavy atom. The summed E-state index contributed by atoms with van der Waals surface area (Å²) in [6.45, 7) is -0.267. The minimum atomic E-state index is -0.747. The molecule has 5 nitrogen and oxygen atoms in total. The molecule has 1 aromatic carbocycles. The number of nitrogens with one attached hydrogen (secondary N) is 2. The summed E-state index contributed by atoms with van der Waals surface area (Å²) in [7, 11) is 0. The first-order chi connectivity index (χ1) is 9.56. The van der Waals surface area contributed by atoms with Crippen LogP contribution in [0.1, 0.15) is 9.67 Å². The maximum absolute atomic E-state index is 13.4. The van der Waals surface area contributed by atoms with Crippen molar-refractivity contribution in [2.45, 2.75) is 0 Å². The predicted octanol–water partition coefficient (Wildman–Crippen LogP) is 1.96. The molecular formula is C13H11FN2O3S. The summed E-state index contributed by atoms with van der Waals surface area (Å²) in [6.07, 6.45) is 0. The summed E-state index contributed by atoms with van der Waals surface area (Å²) in [5, 5.41) is 15.5. The fourth-order valence-electron chi connectivity index (χ4n) is 1.46. The van der Waals surface area contributed by atoms with E-state index in [1.54, 1.807) is 17.5 Å². The van der Waals surface area contributed by atoms with Gasteiger partial charge >= 0.3 is 0 Å². The van der Waals surface area contributed by atoms with Gasteiger partial charge in [0.15, 0.2) is 0 Å². The number of thiophene rings is 1. The molecule has 0 fully saturated rings. The second-order valence-corrected chi connectivity index (χ2v) is 4.82. The summed E-state index contributed by atoms with van der Waals surface area (Å²) < 4.78 is 13.4. The highest BCUT2D eigenvalue weighted by Gasteiger charge is 2.10. The van der Waals surface area contributed by atoms with E-state index in [0.717, 1.165) is 6.07 Å². The lowest BCUT2D eigenvalue weighted by Crippen LogP contribution is -2.32. The van der Waals surface area contributed by atoms with Gasteiger partial charge in [-0.2, -0.15) is 0 Å². The van der Waals surface area contributed by atoms with Crippen LogP contribution in [0.4, 0.5) is 10.1 Å². The number of phenols is 1. The van der Waals surface area contributed by atoms with E-state index >= 15 is 0 Å². The van der Waals surface area contributed by atoms with Crippen LogP contribution in [0.2, 0.25) is 0 Å². The molecule has 0 atom stereocenters. The number of phenolic OH excluding ortho intramolecular Hbond substituents is 1. The quantitative estimate of drug-likeness (QED) is 0.754. The van der Waals surface area contributed by atoms with Crippen molar-refractivity contribution >= 4 is 28.8 Å². The van der Waals surface area contributed by atoms with E-state index in [2.05, 4.69) is 10.6 Å². The average molecular weight is 294 g/mol. The molecule has 0 aliphatic heterocycles. The molecule has 3 N–H and O–H groups in total. The van der Waals surface area contributed by atoms with Crippen LogP contribution in [-0.4, -0.2) is 23.5 Å². The SMILES string of the molecule is O=C(CNC(=O)c1cccs1)Nc1ccc(O)cc1F. The van der Waals surface area contributed by atoms with Gasteiger partial charge in [0.1, 0.15) is 11.6 Å². The Labute approximate surface area is 118 Å². The third-order valence-electron chi connectivity index (χ3n) is 2.38.